The molecule has 0 radical (unpaired) electrons. The summed E-state index contributed by atoms with van der Waals surface area (Å²) in [5.41, 5.74) is 1.28. The van der Waals surface area contributed by atoms with Crippen molar-refractivity contribution in [1.29, 1.82) is 0 Å². The third-order valence-corrected chi connectivity index (χ3v) is 6.23. The van der Waals surface area contributed by atoms with E-state index < -0.39 is 0 Å². The van der Waals surface area contributed by atoms with Gasteiger partial charge in [-0.2, -0.15) is 0 Å². The zero-order chi connectivity index (χ0) is 22.3. The zero-order valence-electron chi connectivity index (χ0n) is 20.2. The molecule has 2 N–H and O–H groups in total. The fraction of sp³-hybridized carbons (Fsp3) is 0.750. The van der Waals surface area contributed by atoms with Crippen LogP contribution in [0.3, 0.4) is 0 Å². The molecule has 0 spiro atoms. The summed E-state index contributed by atoms with van der Waals surface area (Å²) in [6.07, 6.45) is 4.58. The first-order valence-corrected chi connectivity index (χ1v) is 11.9. The Hall–Kier alpha value is -1.86. The lowest BCUT2D eigenvalue weighted by Crippen LogP contribution is -2.47. The van der Waals surface area contributed by atoms with Gasteiger partial charge in [0.25, 0.3) is 0 Å². The van der Waals surface area contributed by atoms with Crippen LogP contribution in [-0.2, 0) is 11.3 Å². The highest BCUT2D eigenvalue weighted by Crippen LogP contribution is 2.33. The minimum absolute atomic E-state index is 0.152. The lowest BCUT2D eigenvalue weighted by atomic mass is 9.78. The maximum absolute atomic E-state index is 6.13. The third-order valence-electron chi connectivity index (χ3n) is 6.23. The summed E-state index contributed by atoms with van der Waals surface area (Å²) in [7, 11) is 2.17. The molecule has 2 atom stereocenters. The van der Waals surface area contributed by atoms with E-state index >= 15 is 0 Å². The third kappa shape index (κ3) is 7.07. The van der Waals surface area contributed by atoms with E-state index in [1.807, 2.05) is 6.20 Å². The molecule has 0 saturated carbocycles. The van der Waals surface area contributed by atoms with Gasteiger partial charge in [-0.3, -0.25) is 0 Å². The Kier molecular flexibility index (Phi) is 8.55. The van der Waals surface area contributed by atoms with Gasteiger partial charge in [0.2, 0.25) is 0 Å². The van der Waals surface area contributed by atoms with Crippen LogP contribution in [0.1, 0.15) is 46.1 Å². The summed E-state index contributed by atoms with van der Waals surface area (Å²) in [5, 5.41) is 6.93. The average Bonchev–Trinajstić information content (AvgIpc) is 2.76. The van der Waals surface area contributed by atoms with Gasteiger partial charge in [0.15, 0.2) is 5.96 Å². The molecule has 31 heavy (non-hydrogen) atoms. The van der Waals surface area contributed by atoms with E-state index in [9.17, 15) is 0 Å². The fourth-order valence-electron chi connectivity index (χ4n) is 4.48. The number of hydrogen-bond acceptors (Lipinski definition) is 5. The number of piperazine rings is 1. The van der Waals surface area contributed by atoms with E-state index in [1.165, 1.54) is 6.42 Å². The molecule has 0 bridgehead atoms. The number of anilines is 1. The first-order valence-electron chi connectivity index (χ1n) is 11.9. The van der Waals surface area contributed by atoms with Gasteiger partial charge in [-0.25, -0.2) is 9.98 Å². The first-order chi connectivity index (χ1) is 14.9. The Morgan fingerprint density at radius 3 is 2.61 bits per heavy atom. The lowest BCUT2D eigenvalue weighted by Gasteiger charge is -2.40. The van der Waals surface area contributed by atoms with E-state index in [1.54, 1.807) is 0 Å². The molecular formula is C24H42N6O. The summed E-state index contributed by atoms with van der Waals surface area (Å²) in [6.45, 7) is 16.4. The SMILES string of the molecule is CCNC(=NCc1ccc(N2CCN(C)CC2)nc1)NCC1CCCOC1C(C)(C)C. The van der Waals surface area contributed by atoms with Crippen molar-refractivity contribution >= 4 is 11.8 Å². The minimum atomic E-state index is 0.152. The maximum atomic E-state index is 6.13. The molecule has 1 aromatic rings. The van der Waals surface area contributed by atoms with Crippen LogP contribution in [0, 0.1) is 11.3 Å². The molecule has 7 nitrogen and oxygen atoms in total. The van der Waals surface area contributed by atoms with Crippen LogP contribution in [0.5, 0.6) is 0 Å². The number of rotatable bonds is 6. The van der Waals surface area contributed by atoms with E-state index in [2.05, 4.69) is 72.3 Å². The summed E-state index contributed by atoms with van der Waals surface area (Å²) in [5.74, 6) is 2.43. The van der Waals surface area contributed by atoms with Crippen LogP contribution in [-0.4, -0.2) is 74.9 Å². The van der Waals surface area contributed by atoms with Crippen LogP contribution < -0.4 is 15.5 Å². The largest absolute Gasteiger partial charge is 0.377 e. The van der Waals surface area contributed by atoms with Crippen LogP contribution >= 0.6 is 0 Å². The second-order valence-electron chi connectivity index (χ2n) is 9.95. The van der Waals surface area contributed by atoms with Crippen LogP contribution in [0.4, 0.5) is 5.82 Å². The van der Waals surface area contributed by atoms with Gasteiger partial charge in [0.05, 0.1) is 12.6 Å². The molecule has 0 aliphatic carbocycles. The number of nitrogens with one attached hydrogen (secondary N) is 2. The van der Waals surface area contributed by atoms with Gasteiger partial charge in [0, 0.05) is 58.0 Å². The Morgan fingerprint density at radius 2 is 1.97 bits per heavy atom. The van der Waals surface area contributed by atoms with Crippen molar-refractivity contribution in [2.24, 2.45) is 16.3 Å². The normalized spacial score (nSPS) is 23.6. The molecule has 0 amide bonds. The molecule has 0 aromatic carbocycles. The minimum Gasteiger partial charge on any atom is -0.377 e. The van der Waals surface area contributed by atoms with Gasteiger partial charge in [0.1, 0.15) is 5.82 Å². The highest BCUT2D eigenvalue weighted by Gasteiger charge is 2.35. The van der Waals surface area contributed by atoms with Gasteiger partial charge < -0.3 is 25.2 Å². The Balaban J connectivity index is 1.55. The highest BCUT2D eigenvalue weighted by atomic mass is 16.5. The van der Waals surface area contributed by atoms with Crippen molar-refractivity contribution in [3.05, 3.63) is 23.9 Å². The molecular weight excluding hydrogens is 388 g/mol. The second kappa shape index (κ2) is 11.1. The van der Waals surface area contributed by atoms with E-state index in [-0.39, 0.29) is 11.5 Å². The predicted molar refractivity (Wildman–Crippen MR) is 129 cm³/mol. The number of hydrogen-bond donors (Lipinski definition) is 2. The van der Waals surface area contributed by atoms with Gasteiger partial charge in [-0.15, -0.1) is 0 Å². The number of pyridine rings is 1. The number of ether oxygens (including phenoxy) is 1. The van der Waals surface area contributed by atoms with Gasteiger partial charge >= 0.3 is 0 Å². The monoisotopic (exact) mass is 430 g/mol. The second-order valence-corrected chi connectivity index (χ2v) is 9.95. The molecule has 2 aliphatic heterocycles. The zero-order valence-corrected chi connectivity index (χ0v) is 20.2. The predicted octanol–water partition coefficient (Wildman–Crippen LogP) is 2.73. The lowest BCUT2D eigenvalue weighted by molar-refractivity contribution is -0.0835. The van der Waals surface area contributed by atoms with Crippen molar-refractivity contribution in [1.82, 2.24) is 20.5 Å². The van der Waals surface area contributed by atoms with Gasteiger partial charge in [-0.1, -0.05) is 26.8 Å². The van der Waals surface area contributed by atoms with Crippen molar-refractivity contribution < 1.29 is 4.74 Å². The summed E-state index contributed by atoms with van der Waals surface area (Å²) < 4.78 is 6.13. The molecule has 7 heteroatoms. The standard InChI is InChI=1S/C24H42N6O/c1-6-25-23(28-18-20-8-7-15-31-22(20)24(2,3)4)27-17-19-9-10-21(26-16-19)30-13-11-29(5)12-14-30/h9-10,16,20,22H,6-8,11-15,17-18H2,1-5H3,(H2,25,27,28). The van der Waals surface area contributed by atoms with E-state index in [0.29, 0.717) is 12.5 Å². The molecule has 2 saturated heterocycles. The van der Waals surface area contributed by atoms with Crippen molar-refractivity contribution in [3.63, 3.8) is 0 Å². The molecule has 3 rings (SSSR count). The Bertz CT molecular complexity index is 691. The topological polar surface area (TPSA) is 65.0 Å². The fourth-order valence-corrected chi connectivity index (χ4v) is 4.48. The smallest absolute Gasteiger partial charge is 0.191 e. The summed E-state index contributed by atoms with van der Waals surface area (Å²) >= 11 is 0. The van der Waals surface area contributed by atoms with E-state index in [0.717, 1.165) is 69.6 Å². The average molecular weight is 431 g/mol. The van der Waals surface area contributed by atoms with E-state index in [4.69, 9.17) is 9.73 Å². The van der Waals surface area contributed by atoms with Crippen molar-refractivity contribution in [3.8, 4) is 0 Å². The molecule has 3 heterocycles. The number of guanidine groups is 1. The number of likely N-dealkylation sites (N-methyl/N-ethyl adjacent to an activating group) is 1. The number of nitrogens with zero attached hydrogens (tertiary/aromatic N) is 4. The maximum Gasteiger partial charge on any atom is 0.191 e. The first kappa shape index (κ1) is 23.8. The number of aliphatic imine (C=N–C) groups is 1. The Morgan fingerprint density at radius 1 is 1.19 bits per heavy atom. The Labute approximate surface area is 188 Å². The summed E-state index contributed by atoms with van der Waals surface area (Å²) in [6, 6.07) is 4.28. The highest BCUT2D eigenvalue weighted by molar-refractivity contribution is 5.79. The van der Waals surface area contributed by atoms with Crippen LogP contribution in [0.15, 0.2) is 23.3 Å². The van der Waals surface area contributed by atoms with Crippen LogP contribution in [0.2, 0.25) is 0 Å². The quantitative estimate of drug-likeness (QED) is 0.534. The molecule has 2 fully saturated rings. The van der Waals surface area contributed by atoms with Gasteiger partial charge in [-0.05, 0) is 43.9 Å². The summed E-state index contributed by atoms with van der Waals surface area (Å²) in [4.78, 5) is 14.2. The van der Waals surface area contributed by atoms with Crippen molar-refractivity contribution in [2.75, 3.05) is 57.8 Å². The molecule has 2 aliphatic rings. The molecule has 2 unspecified atom stereocenters. The number of aromatic nitrogens is 1. The van der Waals surface area contributed by atoms with Crippen molar-refractivity contribution in [2.45, 2.75) is 53.2 Å². The van der Waals surface area contributed by atoms with Crippen LogP contribution in [0.25, 0.3) is 0 Å². The molecule has 174 valence electrons. The molecule has 1 aromatic heterocycles.